The first-order valence-electron chi connectivity index (χ1n) is 5.39. The van der Waals surface area contributed by atoms with Crippen LogP contribution >= 0.6 is 11.8 Å². The number of aromatic nitrogens is 3. The van der Waals surface area contributed by atoms with Gasteiger partial charge < -0.3 is 14.6 Å². The molecule has 0 saturated carbocycles. The molecule has 1 heterocycles. The molecular formula is C10H19N3O3S. The highest BCUT2D eigenvalue weighted by molar-refractivity contribution is 7.99. The summed E-state index contributed by atoms with van der Waals surface area (Å²) in [6.07, 6.45) is 0.969. The van der Waals surface area contributed by atoms with Gasteiger partial charge in [-0.05, 0) is 6.92 Å². The van der Waals surface area contributed by atoms with Crippen molar-refractivity contribution in [2.24, 2.45) is 7.05 Å². The molecule has 0 fully saturated rings. The van der Waals surface area contributed by atoms with Gasteiger partial charge in [0.2, 0.25) is 0 Å². The van der Waals surface area contributed by atoms with Crippen LogP contribution in [0.2, 0.25) is 0 Å². The molecule has 1 rings (SSSR count). The van der Waals surface area contributed by atoms with Gasteiger partial charge >= 0.3 is 0 Å². The van der Waals surface area contributed by atoms with Gasteiger partial charge in [0, 0.05) is 19.9 Å². The first-order valence-corrected chi connectivity index (χ1v) is 6.37. The van der Waals surface area contributed by atoms with Gasteiger partial charge in [-0.1, -0.05) is 11.8 Å². The van der Waals surface area contributed by atoms with Gasteiger partial charge in [-0.3, -0.25) is 0 Å². The van der Waals surface area contributed by atoms with E-state index in [0.717, 1.165) is 5.16 Å². The van der Waals surface area contributed by atoms with Crippen molar-refractivity contribution in [1.82, 2.24) is 14.8 Å². The Hall–Kier alpha value is -0.630. The summed E-state index contributed by atoms with van der Waals surface area (Å²) in [5.74, 6) is 0.534. The Morgan fingerprint density at radius 1 is 1.53 bits per heavy atom. The lowest BCUT2D eigenvalue weighted by Gasteiger charge is -2.15. The average Bonchev–Trinajstić information content (AvgIpc) is 2.70. The molecule has 0 radical (unpaired) electrons. The van der Waals surface area contributed by atoms with Gasteiger partial charge in [0.25, 0.3) is 0 Å². The van der Waals surface area contributed by atoms with Crippen molar-refractivity contribution >= 4 is 11.8 Å². The lowest BCUT2D eigenvalue weighted by atomic mass is 10.4. The van der Waals surface area contributed by atoms with Gasteiger partial charge in [0.15, 0.2) is 5.16 Å². The van der Waals surface area contributed by atoms with Crippen LogP contribution in [-0.2, 0) is 16.5 Å². The Bertz CT molecular complexity index is 321. The van der Waals surface area contributed by atoms with E-state index in [2.05, 4.69) is 10.1 Å². The second-order valence-corrected chi connectivity index (χ2v) is 4.72. The summed E-state index contributed by atoms with van der Waals surface area (Å²) in [5.41, 5.74) is 0. The maximum absolute atomic E-state index is 9.71. The molecule has 0 amide bonds. The molecule has 1 N–H and O–H groups in total. The number of thioether (sulfide) groups is 1. The molecule has 1 aromatic rings. The maximum Gasteiger partial charge on any atom is 0.185 e. The van der Waals surface area contributed by atoms with E-state index in [1.807, 2.05) is 14.0 Å². The monoisotopic (exact) mass is 261 g/mol. The zero-order valence-corrected chi connectivity index (χ0v) is 11.2. The number of aryl methyl sites for hydroxylation is 1. The summed E-state index contributed by atoms with van der Waals surface area (Å²) in [5, 5.41) is 14.4. The number of hydrogen-bond donors (Lipinski definition) is 1. The van der Waals surface area contributed by atoms with Crippen LogP contribution in [0.4, 0.5) is 0 Å². The van der Waals surface area contributed by atoms with Crippen LogP contribution in [0.15, 0.2) is 11.5 Å². The van der Waals surface area contributed by atoms with E-state index >= 15 is 0 Å². The molecule has 98 valence electrons. The molecule has 0 aliphatic carbocycles. The van der Waals surface area contributed by atoms with E-state index in [4.69, 9.17) is 9.47 Å². The fraction of sp³-hybridized carbons (Fsp3) is 0.800. The Labute approximate surface area is 105 Å². The first-order chi connectivity index (χ1) is 8.13. The van der Waals surface area contributed by atoms with Crippen LogP contribution in [0, 0.1) is 0 Å². The minimum atomic E-state index is -0.518. The van der Waals surface area contributed by atoms with Crippen molar-refractivity contribution in [2.75, 3.05) is 26.1 Å². The zero-order valence-electron chi connectivity index (χ0n) is 10.4. The van der Waals surface area contributed by atoms with Gasteiger partial charge in [-0.15, -0.1) is 0 Å². The van der Waals surface area contributed by atoms with Crippen molar-refractivity contribution in [3.05, 3.63) is 6.33 Å². The second kappa shape index (κ2) is 7.65. The SMILES string of the molecule is COCC(C)OCC(O)CSc1ncnn1C. The number of aliphatic hydroxyl groups is 1. The molecule has 0 aromatic carbocycles. The third-order valence-electron chi connectivity index (χ3n) is 2.05. The Balaban J connectivity index is 2.17. The predicted octanol–water partition coefficient (Wildman–Crippen LogP) is 0.320. The van der Waals surface area contributed by atoms with Crippen LogP contribution in [-0.4, -0.2) is 58.2 Å². The molecule has 0 bridgehead atoms. The topological polar surface area (TPSA) is 69.4 Å². The number of aliphatic hydroxyl groups excluding tert-OH is 1. The van der Waals surface area contributed by atoms with E-state index in [1.165, 1.54) is 18.1 Å². The zero-order chi connectivity index (χ0) is 12.7. The van der Waals surface area contributed by atoms with Crippen molar-refractivity contribution in [3.63, 3.8) is 0 Å². The summed E-state index contributed by atoms with van der Waals surface area (Å²) >= 11 is 1.45. The number of ether oxygens (including phenoxy) is 2. The highest BCUT2D eigenvalue weighted by Crippen LogP contribution is 2.14. The van der Waals surface area contributed by atoms with Gasteiger partial charge in [-0.2, -0.15) is 5.10 Å². The highest BCUT2D eigenvalue weighted by Gasteiger charge is 2.10. The molecule has 0 spiro atoms. The summed E-state index contributed by atoms with van der Waals surface area (Å²) in [6.45, 7) is 2.74. The van der Waals surface area contributed by atoms with Gasteiger partial charge in [0.05, 0.1) is 25.4 Å². The smallest absolute Gasteiger partial charge is 0.185 e. The van der Waals surface area contributed by atoms with Gasteiger partial charge in [-0.25, -0.2) is 9.67 Å². The van der Waals surface area contributed by atoms with Gasteiger partial charge in [0.1, 0.15) is 6.33 Å². The predicted molar refractivity (Wildman–Crippen MR) is 65.0 cm³/mol. The molecule has 0 saturated heterocycles. The molecule has 2 unspecified atom stereocenters. The van der Waals surface area contributed by atoms with E-state index in [0.29, 0.717) is 19.0 Å². The van der Waals surface area contributed by atoms with E-state index in [-0.39, 0.29) is 6.10 Å². The van der Waals surface area contributed by atoms with Crippen molar-refractivity contribution in [3.8, 4) is 0 Å². The summed E-state index contributed by atoms with van der Waals surface area (Å²) in [4.78, 5) is 4.06. The fourth-order valence-electron chi connectivity index (χ4n) is 1.19. The van der Waals surface area contributed by atoms with E-state index in [1.54, 1.807) is 11.8 Å². The van der Waals surface area contributed by atoms with E-state index < -0.39 is 6.10 Å². The van der Waals surface area contributed by atoms with Crippen molar-refractivity contribution < 1.29 is 14.6 Å². The van der Waals surface area contributed by atoms with Crippen molar-refractivity contribution in [1.29, 1.82) is 0 Å². The Morgan fingerprint density at radius 2 is 2.29 bits per heavy atom. The third-order valence-corrected chi connectivity index (χ3v) is 3.23. The largest absolute Gasteiger partial charge is 0.390 e. The minimum Gasteiger partial charge on any atom is -0.390 e. The summed E-state index contributed by atoms with van der Waals surface area (Å²) < 4.78 is 12.0. The molecular weight excluding hydrogens is 242 g/mol. The third kappa shape index (κ3) is 5.49. The normalized spacial score (nSPS) is 14.8. The minimum absolute atomic E-state index is 0.00511. The Kier molecular flexibility index (Phi) is 6.49. The lowest BCUT2D eigenvalue weighted by molar-refractivity contribution is -0.0257. The maximum atomic E-state index is 9.71. The molecule has 0 aliphatic rings. The number of nitrogens with zero attached hydrogens (tertiary/aromatic N) is 3. The number of hydrogen-bond acceptors (Lipinski definition) is 6. The van der Waals surface area contributed by atoms with Crippen LogP contribution in [0.1, 0.15) is 6.92 Å². The van der Waals surface area contributed by atoms with Crippen molar-refractivity contribution in [2.45, 2.75) is 24.3 Å². The molecule has 17 heavy (non-hydrogen) atoms. The molecule has 2 atom stereocenters. The summed E-state index contributed by atoms with van der Waals surface area (Å²) in [7, 11) is 3.44. The highest BCUT2D eigenvalue weighted by atomic mass is 32.2. The average molecular weight is 261 g/mol. The van der Waals surface area contributed by atoms with Crippen LogP contribution in [0.3, 0.4) is 0 Å². The molecule has 0 aliphatic heterocycles. The number of rotatable bonds is 8. The van der Waals surface area contributed by atoms with Crippen LogP contribution in [0.25, 0.3) is 0 Å². The Morgan fingerprint density at radius 3 is 2.88 bits per heavy atom. The van der Waals surface area contributed by atoms with Crippen LogP contribution < -0.4 is 0 Å². The fourth-order valence-corrected chi connectivity index (χ4v) is 1.99. The van der Waals surface area contributed by atoms with E-state index in [9.17, 15) is 5.11 Å². The standard InChI is InChI=1S/C10H19N3O3S/c1-8(4-15-3)16-5-9(14)6-17-10-11-7-12-13(10)2/h7-9,14H,4-6H2,1-3H3. The second-order valence-electron chi connectivity index (χ2n) is 3.73. The summed E-state index contributed by atoms with van der Waals surface area (Å²) in [6, 6.07) is 0. The molecule has 6 nitrogen and oxygen atoms in total. The quantitative estimate of drug-likeness (QED) is 0.680. The molecule has 7 heteroatoms. The lowest BCUT2D eigenvalue weighted by Crippen LogP contribution is -2.24. The first kappa shape index (κ1) is 14.4. The van der Waals surface area contributed by atoms with Crippen LogP contribution in [0.5, 0.6) is 0 Å². The number of methoxy groups -OCH3 is 1. The molecule has 1 aromatic heterocycles.